The summed E-state index contributed by atoms with van der Waals surface area (Å²) in [6, 6.07) is 0. The first-order valence-corrected chi connectivity index (χ1v) is 9.58. The van der Waals surface area contributed by atoms with E-state index in [4.69, 9.17) is 4.52 Å². The fourth-order valence-electron chi connectivity index (χ4n) is 4.08. The van der Waals surface area contributed by atoms with Crippen molar-refractivity contribution >= 4 is 10.0 Å². The molecule has 0 N–H and O–H groups in total. The van der Waals surface area contributed by atoms with Crippen LogP contribution in [0.1, 0.15) is 36.8 Å². The highest BCUT2D eigenvalue weighted by Crippen LogP contribution is 2.50. The summed E-state index contributed by atoms with van der Waals surface area (Å²) in [6.45, 7) is 4.44. The number of aryl methyl sites for hydroxylation is 3. The van der Waals surface area contributed by atoms with Gasteiger partial charge in [0.1, 0.15) is 5.82 Å². The van der Waals surface area contributed by atoms with Crippen molar-refractivity contribution < 1.29 is 12.9 Å². The summed E-state index contributed by atoms with van der Waals surface area (Å²) < 4.78 is 34.4. The van der Waals surface area contributed by atoms with Crippen molar-refractivity contribution in [3.05, 3.63) is 23.7 Å². The maximum absolute atomic E-state index is 13.0. The third-order valence-corrected chi connectivity index (χ3v) is 7.19. The Hall–Kier alpha value is -1.74. The Labute approximate surface area is 140 Å². The van der Waals surface area contributed by atoms with Gasteiger partial charge in [-0.05, 0) is 25.7 Å². The molecule has 0 amide bonds. The quantitative estimate of drug-likeness (QED) is 0.824. The minimum atomic E-state index is -3.61. The van der Waals surface area contributed by atoms with Crippen LogP contribution in [0.4, 0.5) is 0 Å². The number of imidazole rings is 1. The van der Waals surface area contributed by atoms with Gasteiger partial charge in [-0.2, -0.15) is 9.29 Å². The van der Waals surface area contributed by atoms with Crippen molar-refractivity contribution in [2.24, 2.45) is 13.0 Å². The summed E-state index contributed by atoms with van der Waals surface area (Å²) in [5.41, 5.74) is -0.325. The molecule has 4 rings (SSSR count). The number of rotatable bonds is 3. The van der Waals surface area contributed by atoms with Crippen molar-refractivity contribution in [2.75, 3.05) is 13.1 Å². The van der Waals surface area contributed by atoms with Crippen LogP contribution in [-0.4, -0.2) is 45.5 Å². The monoisotopic (exact) mass is 351 g/mol. The highest BCUT2D eigenvalue weighted by atomic mass is 32.2. The molecule has 1 saturated carbocycles. The second-order valence-electron chi connectivity index (χ2n) is 6.92. The van der Waals surface area contributed by atoms with E-state index >= 15 is 0 Å². The molecule has 2 aromatic heterocycles. The zero-order valence-corrected chi connectivity index (χ0v) is 14.9. The minimum Gasteiger partial charge on any atom is -0.340 e. The van der Waals surface area contributed by atoms with E-state index in [9.17, 15) is 8.42 Å². The number of fused-ring (bicyclic) bond motifs is 1. The van der Waals surface area contributed by atoms with Crippen LogP contribution in [0.5, 0.6) is 0 Å². The lowest BCUT2D eigenvalue weighted by atomic mass is 9.80. The smallest absolute Gasteiger partial charge is 0.262 e. The van der Waals surface area contributed by atoms with E-state index in [1.165, 1.54) is 0 Å². The zero-order chi connectivity index (χ0) is 17.1. The Balaban J connectivity index is 1.70. The van der Waals surface area contributed by atoms with E-state index < -0.39 is 10.0 Å². The Bertz CT molecular complexity index is 867. The summed E-state index contributed by atoms with van der Waals surface area (Å²) in [4.78, 5) is 8.62. The van der Waals surface area contributed by atoms with Gasteiger partial charge in [-0.25, -0.2) is 13.4 Å². The standard InChI is InChI=1S/C15H21N5O3S/c1-10-16-13(8-19(10)3)24(21,22)20-7-12-5-4-6-15(12,9-20)14-17-11(2)23-18-14/h8,12H,4-7,9H2,1-3H3/t12-,15-/m1/s1. The van der Waals surface area contributed by atoms with Crippen LogP contribution >= 0.6 is 0 Å². The first-order valence-electron chi connectivity index (χ1n) is 8.14. The molecule has 2 fully saturated rings. The molecule has 0 spiro atoms. The molecule has 1 saturated heterocycles. The molecule has 0 bridgehead atoms. The van der Waals surface area contributed by atoms with Gasteiger partial charge in [0, 0.05) is 33.3 Å². The maximum atomic E-state index is 13.0. The normalized spacial score (nSPS) is 27.7. The van der Waals surface area contributed by atoms with Crippen LogP contribution in [0.2, 0.25) is 0 Å². The van der Waals surface area contributed by atoms with Crippen molar-refractivity contribution in [3.8, 4) is 0 Å². The van der Waals surface area contributed by atoms with Crippen LogP contribution in [0.15, 0.2) is 15.7 Å². The SMILES string of the molecule is Cc1nc([C@@]23CCC[C@@H]2CN(S(=O)(=O)c2cn(C)c(C)n2)C3)no1. The molecule has 0 unspecified atom stereocenters. The fourth-order valence-corrected chi connectivity index (χ4v) is 5.66. The van der Waals surface area contributed by atoms with E-state index in [0.717, 1.165) is 19.3 Å². The van der Waals surface area contributed by atoms with Crippen LogP contribution in [0.25, 0.3) is 0 Å². The number of nitrogens with zero attached hydrogens (tertiary/aromatic N) is 5. The van der Waals surface area contributed by atoms with Gasteiger partial charge in [-0.1, -0.05) is 11.6 Å². The first-order chi connectivity index (χ1) is 11.3. The third kappa shape index (κ3) is 2.14. The number of hydrogen-bond acceptors (Lipinski definition) is 6. The molecule has 3 heterocycles. The number of sulfonamides is 1. The summed E-state index contributed by atoms with van der Waals surface area (Å²) >= 11 is 0. The Kier molecular flexibility index (Phi) is 3.37. The number of aromatic nitrogens is 4. The van der Waals surface area contributed by atoms with Crippen LogP contribution in [0.3, 0.4) is 0 Å². The summed E-state index contributed by atoms with van der Waals surface area (Å²) in [7, 11) is -1.81. The zero-order valence-electron chi connectivity index (χ0n) is 14.1. The molecular weight excluding hydrogens is 330 g/mol. The van der Waals surface area contributed by atoms with Gasteiger partial charge >= 0.3 is 0 Å². The van der Waals surface area contributed by atoms with Crippen molar-refractivity contribution in [1.29, 1.82) is 0 Å². The van der Waals surface area contributed by atoms with E-state index in [1.807, 2.05) is 0 Å². The van der Waals surface area contributed by atoms with E-state index in [0.29, 0.717) is 30.6 Å². The topological polar surface area (TPSA) is 94.1 Å². The lowest BCUT2D eigenvalue weighted by Crippen LogP contribution is -2.35. The maximum Gasteiger partial charge on any atom is 0.262 e. The van der Waals surface area contributed by atoms with Gasteiger partial charge in [-0.15, -0.1) is 0 Å². The Morgan fingerprint density at radius 3 is 2.75 bits per heavy atom. The molecule has 130 valence electrons. The van der Waals surface area contributed by atoms with Gasteiger partial charge in [0.15, 0.2) is 10.9 Å². The van der Waals surface area contributed by atoms with Gasteiger partial charge in [0.05, 0.1) is 5.41 Å². The molecule has 0 radical (unpaired) electrons. The Morgan fingerprint density at radius 2 is 2.12 bits per heavy atom. The second kappa shape index (κ2) is 5.13. The predicted molar refractivity (Wildman–Crippen MR) is 84.8 cm³/mol. The Morgan fingerprint density at radius 1 is 1.33 bits per heavy atom. The van der Waals surface area contributed by atoms with Gasteiger partial charge in [0.2, 0.25) is 5.89 Å². The molecule has 24 heavy (non-hydrogen) atoms. The highest BCUT2D eigenvalue weighted by molar-refractivity contribution is 7.89. The fraction of sp³-hybridized carbons (Fsp3) is 0.667. The van der Waals surface area contributed by atoms with Gasteiger partial charge in [0.25, 0.3) is 10.0 Å². The average molecular weight is 351 g/mol. The summed E-state index contributed by atoms with van der Waals surface area (Å²) in [5.74, 6) is 2.08. The molecule has 1 aliphatic heterocycles. The molecule has 8 nitrogen and oxygen atoms in total. The molecule has 2 aromatic rings. The molecule has 2 atom stereocenters. The number of hydrogen-bond donors (Lipinski definition) is 0. The third-order valence-electron chi connectivity index (χ3n) is 5.50. The second-order valence-corrected chi connectivity index (χ2v) is 8.80. The lowest BCUT2D eigenvalue weighted by Gasteiger charge is -2.24. The van der Waals surface area contributed by atoms with Crippen LogP contribution in [-0.2, 0) is 22.5 Å². The summed E-state index contributed by atoms with van der Waals surface area (Å²) in [6.07, 6.45) is 4.52. The lowest BCUT2D eigenvalue weighted by molar-refractivity contribution is 0.332. The average Bonchev–Trinajstić information content (AvgIpc) is 3.23. The highest BCUT2D eigenvalue weighted by Gasteiger charge is 2.56. The van der Waals surface area contributed by atoms with Crippen molar-refractivity contribution in [1.82, 2.24) is 24.0 Å². The van der Waals surface area contributed by atoms with Gasteiger partial charge in [-0.3, -0.25) is 0 Å². The molecule has 9 heteroatoms. The largest absolute Gasteiger partial charge is 0.340 e. The molecule has 1 aliphatic carbocycles. The predicted octanol–water partition coefficient (Wildman–Crippen LogP) is 1.16. The van der Waals surface area contributed by atoms with Crippen molar-refractivity contribution in [2.45, 2.75) is 43.6 Å². The molecular formula is C15H21N5O3S. The van der Waals surface area contributed by atoms with Gasteiger partial charge < -0.3 is 9.09 Å². The van der Waals surface area contributed by atoms with Crippen LogP contribution in [0, 0.1) is 19.8 Å². The van der Waals surface area contributed by atoms with E-state index in [-0.39, 0.29) is 16.4 Å². The first kappa shape index (κ1) is 15.8. The van der Waals surface area contributed by atoms with E-state index in [1.54, 1.807) is 36.0 Å². The molecule has 2 aliphatic rings. The van der Waals surface area contributed by atoms with Crippen LogP contribution < -0.4 is 0 Å². The minimum absolute atomic E-state index is 0.113. The van der Waals surface area contributed by atoms with Crippen molar-refractivity contribution in [3.63, 3.8) is 0 Å². The molecule has 0 aromatic carbocycles. The van der Waals surface area contributed by atoms with E-state index in [2.05, 4.69) is 15.1 Å². The summed E-state index contributed by atoms with van der Waals surface area (Å²) in [5, 5.41) is 4.22.